The molecule has 2 saturated heterocycles. The van der Waals surface area contributed by atoms with E-state index < -0.39 is 6.04 Å². The third-order valence-electron chi connectivity index (χ3n) is 8.81. The molecule has 2 N–H and O–H groups in total. The van der Waals surface area contributed by atoms with Crippen LogP contribution < -0.4 is 4.90 Å². The number of para-hydroxylation sites is 1. The van der Waals surface area contributed by atoms with Gasteiger partial charge in [-0.15, -0.1) is 0 Å². The lowest BCUT2D eigenvalue weighted by molar-refractivity contribution is -0.919. The van der Waals surface area contributed by atoms with Gasteiger partial charge in [-0.2, -0.15) is 0 Å². The van der Waals surface area contributed by atoms with Crippen molar-refractivity contribution in [1.82, 2.24) is 14.8 Å². The molecule has 6 nitrogen and oxygen atoms in total. The van der Waals surface area contributed by atoms with Gasteiger partial charge in [-0.1, -0.05) is 78.9 Å². The Kier molecular flexibility index (Phi) is 5.77. The lowest BCUT2D eigenvalue weighted by Gasteiger charge is -2.49. The number of carbonyl (C=O) groups excluding carboxylic acids is 2. The number of amides is 2. The number of piperazine rings is 1. The number of piperidine rings is 1. The lowest BCUT2D eigenvalue weighted by atomic mass is 9.85. The molecule has 0 spiro atoms. The van der Waals surface area contributed by atoms with Crippen molar-refractivity contribution in [3.05, 3.63) is 107 Å². The van der Waals surface area contributed by atoms with E-state index in [1.165, 1.54) is 11.1 Å². The van der Waals surface area contributed by atoms with E-state index in [0.717, 1.165) is 54.6 Å². The molecule has 7 rings (SSSR count). The zero-order chi connectivity index (χ0) is 25.6. The Balaban J connectivity index is 1.17. The predicted octanol–water partition coefficient (Wildman–Crippen LogP) is 3.10. The number of H-pyrrole nitrogens is 1. The highest BCUT2D eigenvalue weighted by Crippen LogP contribution is 2.42. The van der Waals surface area contributed by atoms with Gasteiger partial charge in [0, 0.05) is 47.5 Å². The van der Waals surface area contributed by atoms with E-state index in [-0.39, 0.29) is 30.4 Å². The van der Waals surface area contributed by atoms with Crippen LogP contribution in [0.2, 0.25) is 0 Å². The first-order valence-electron chi connectivity index (χ1n) is 13.8. The quantitative estimate of drug-likeness (QED) is 0.448. The van der Waals surface area contributed by atoms with Gasteiger partial charge in [0.2, 0.25) is 11.8 Å². The number of rotatable bonds is 4. The smallest absolute Gasteiger partial charge is 0.246 e. The Hall–Kier alpha value is -3.90. The van der Waals surface area contributed by atoms with Crippen molar-refractivity contribution in [3.8, 4) is 0 Å². The Bertz CT molecular complexity index is 1470. The third-order valence-corrected chi connectivity index (χ3v) is 8.81. The van der Waals surface area contributed by atoms with E-state index >= 15 is 0 Å². The number of fused-ring (bicyclic) bond motifs is 4. The van der Waals surface area contributed by atoms with Gasteiger partial charge in [-0.3, -0.25) is 9.59 Å². The molecule has 3 aliphatic rings. The van der Waals surface area contributed by atoms with Crippen LogP contribution in [-0.2, 0) is 22.6 Å². The van der Waals surface area contributed by atoms with Crippen LogP contribution in [0, 0.1) is 0 Å². The van der Waals surface area contributed by atoms with Crippen LogP contribution in [0.3, 0.4) is 0 Å². The van der Waals surface area contributed by atoms with Crippen molar-refractivity contribution in [2.75, 3.05) is 19.6 Å². The zero-order valence-corrected chi connectivity index (χ0v) is 21.5. The Morgan fingerprint density at radius 2 is 1.53 bits per heavy atom. The van der Waals surface area contributed by atoms with Crippen LogP contribution in [-0.4, -0.2) is 58.3 Å². The van der Waals surface area contributed by atoms with Crippen molar-refractivity contribution in [1.29, 1.82) is 0 Å². The first-order chi connectivity index (χ1) is 18.7. The van der Waals surface area contributed by atoms with Gasteiger partial charge in [-0.05, 0) is 17.2 Å². The molecule has 38 heavy (non-hydrogen) atoms. The highest BCUT2D eigenvalue weighted by molar-refractivity contribution is 5.97. The molecule has 0 aliphatic carbocycles. The summed E-state index contributed by atoms with van der Waals surface area (Å²) >= 11 is 0. The molecular formula is C32H33N4O2+. The van der Waals surface area contributed by atoms with Crippen molar-refractivity contribution < 1.29 is 14.5 Å². The molecule has 192 valence electrons. The summed E-state index contributed by atoms with van der Waals surface area (Å²) in [4.78, 5) is 37.0. The topological polar surface area (TPSA) is 60.9 Å². The summed E-state index contributed by atoms with van der Waals surface area (Å²) in [6, 6.07) is 28.4. The van der Waals surface area contributed by atoms with Crippen molar-refractivity contribution in [2.24, 2.45) is 0 Å². The number of nitrogens with one attached hydrogen (secondary N) is 2. The van der Waals surface area contributed by atoms with Crippen LogP contribution in [0.5, 0.6) is 0 Å². The predicted molar refractivity (Wildman–Crippen MR) is 146 cm³/mol. The second kappa shape index (κ2) is 9.44. The van der Waals surface area contributed by atoms with Crippen molar-refractivity contribution in [2.45, 2.75) is 43.9 Å². The number of quaternary nitrogens is 1. The maximum atomic E-state index is 14.1. The Labute approximate surface area is 222 Å². The van der Waals surface area contributed by atoms with E-state index in [1.807, 2.05) is 40.1 Å². The summed E-state index contributed by atoms with van der Waals surface area (Å²) in [5, 5.41) is 1.15. The molecule has 6 heteroatoms. The fourth-order valence-electron chi connectivity index (χ4n) is 6.96. The van der Waals surface area contributed by atoms with Crippen LogP contribution in [0.15, 0.2) is 84.9 Å². The largest absolute Gasteiger partial charge is 0.356 e. The Morgan fingerprint density at radius 1 is 0.842 bits per heavy atom. The van der Waals surface area contributed by atoms with E-state index in [2.05, 4.69) is 59.6 Å². The molecule has 0 saturated carbocycles. The number of carbonyl (C=O) groups is 2. The van der Waals surface area contributed by atoms with E-state index in [4.69, 9.17) is 0 Å². The van der Waals surface area contributed by atoms with Crippen LogP contribution in [0.4, 0.5) is 0 Å². The van der Waals surface area contributed by atoms with E-state index in [0.29, 0.717) is 6.42 Å². The fourth-order valence-corrected chi connectivity index (χ4v) is 6.96. The average molecular weight is 506 g/mol. The van der Waals surface area contributed by atoms with Gasteiger partial charge in [0.15, 0.2) is 0 Å². The highest BCUT2D eigenvalue weighted by Gasteiger charge is 2.49. The first kappa shape index (κ1) is 23.2. The summed E-state index contributed by atoms with van der Waals surface area (Å²) in [7, 11) is 0. The number of hydrogen-bond acceptors (Lipinski definition) is 2. The van der Waals surface area contributed by atoms with Crippen LogP contribution >= 0.6 is 0 Å². The SMILES string of the molecule is O=C1[C@@H]2Cc3c([nH]c4ccccc34)[C@@H](c3ccccc3)N2C(=O)CN1C1CC[NH+](Cc2ccccc2)CC1. The van der Waals surface area contributed by atoms with Crippen molar-refractivity contribution >= 4 is 22.7 Å². The molecule has 0 radical (unpaired) electrons. The summed E-state index contributed by atoms with van der Waals surface area (Å²) < 4.78 is 0. The molecule has 2 atom stereocenters. The minimum absolute atomic E-state index is 0.0480. The third kappa shape index (κ3) is 3.91. The average Bonchev–Trinajstić information content (AvgIpc) is 3.34. The van der Waals surface area contributed by atoms with Gasteiger partial charge in [-0.25, -0.2) is 0 Å². The minimum atomic E-state index is -0.470. The second-order valence-electron chi connectivity index (χ2n) is 11.0. The normalized spacial score (nSPS) is 25.4. The van der Waals surface area contributed by atoms with Gasteiger partial charge in [0.25, 0.3) is 0 Å². The zero-order valence-electron chi connectivity index (χ0n) is 21.5. The van der Waals surface area contributed by atoms with Gasteiger partial charge >= 0.3 is 0 Å². The molecule has 0 unspecified atom stereocenters. The first-order valence-corrected chi connectivity index (χ1v) is 13.8. The molecule has 3 aliphatic heterocycles. The molecule has 0 bridgehead atoms. The van der Waals surface area contributed by atoms with E-state index in [9.17, 15) is 9.59 Å². The number of aromatic nitrogens is 1. The second-order valence-corrected chi connectivity index (χ2v) is 11.0. The monoisotopic (exact) mass is 505 g/mol. The number of hydrogen-bond donors (Lipinski definition) is 2. The summed E-state index contributed by atoms with van der Waals surface area (Å²) in [5.41, 5.74) is 5.66. The molecular weight excluding hydrogens is 472 g/mol. The standard InChI is InChI=1S/C32H32N4O2/c37-29-21-35(24-15-17-34(18-16-24)20-22-9-3-1-4-10-22)32(38)28-19-26-25-13-7-8-14-27(25)33-30(26)31(36(28)29)23-11-5-2-6-12-23/h1-14,24,28,31,33H,15-21H2/p+1/t28-,31+/m0/s1. The maximum Gasteiger partial charge on any atom is 0.246 e. The lowest BCUT2D eigenvalue weighted by Crippen LogP contribution is -3.12. The van der Waals surface area contributed by atoms with Crippen LogP contribution in [0.1, 0.15) is 41.3 Å². The molecule has 1 aromatic heterocycles. The number of aromatic amines is 1. The summed E-state index contributed by atoms with van der Waals surface area (Å²) in [5.74, 6) is 0.157. The molecule has 2 fully saturated rings. The van der Waals surface area contributed by atoms with Gasteiger partial charge < -0.3 is 19.7 Å². The van der Waals surface area contributed by atoms with Gasteiger partial charge in [0.1, 0.15) is 19.1 Å². The summed E-state index contributed by atoms with van der Waals surface area (Å²) in [6.45, 7) is 3.22. The molecule has 4 aromatic rings. The molecule has 2 amide bonds. The molecule has 4 heterocycles. The maximum absolute atomic E-state index is 14.1. The number of benzene rings is 3. The molecule has 3 aromatic carbocycles. The van der Waals surface area contributed by atoms with Crippen LogP contribution in [0.25, 0.3) is 10.9 Å². The van der Waals surface area contributed by atoms with Gasteiger partial charge in [0.05, 0.1) is 19.1 Å². The summed E-state index contributed by atoms with van der Waals surface area (Å²) in [6.07, 6.45) is 2.44. The Morgan fingerprint density at radius 3 is 2.29 bits per heavy atom. The van der Waals surface area contributed by atoms with E-state index in [1.54, 1.807) is 4.90 Å². The van der Waals surface area contributed by atoms with Crippen molar-refractivity contribution in [3.63, 3.8) is 0 Å². The fraction of sp³-hybridized carbons (Fsp3) is 0.312. The number of likely N-dealkylation sites (tertiary alicyclic amines) is 1. The highest BCUT2D eigenvalue weighted by atomic mass is 16.2. The number of nitrogens with zero attached hydrogens (tertiary/aromatic N) is 2. The minimum Gasteiger partial charge on any atom is -0.356 e.